The molecule has 0 saturated heterocycles. The van der Waals surface area contributed by atoms with Crippen molar-refractivity contribution in [2.75, 3.05) is 24.3 Å². The molecule has 0 heterocycles. The highest BCUT2D eigenvalue weighted by atomic mass is 35.5. The van der Waals surface area contributed by atoms with E-state index in [1.807, 2.05) is 24.3 Å². The molecule has 2 unspecified atom stereocenters. The molecule has 0 bridgehead atoms. The Bertz CT molecular complexity index is 920. The van der Waals surface area contributed by atoms with E-state index in [2.05, 4.69) is 0 Å². The van der Waals surface area contributed by atoms with Crippen molar-refractivity contribution in [1.82, 2.24) is 0 Å². The van der Waals surface area contributed by atoms with E-state index in [-0.39, 0.29) is 11.8 Å². The van der Waals surface area contributed by atoms with E-state index in [0.29, 0.717) is 17.5 Å². The van der Waals surface area contributed by atoms with E-state index < -0.39 is 32.4 Å². The lowest BCUT2D eigenvalue weighted by molar-refractivity contribution is 0.239. The van der Waals surface area contributed by atoms with Gasteiger partial charge in [0.2, 0.25) is 0 Å². The van der Waals surface area contributed by atoms with Crippen LogP contribution < -0.4 is 0 Å². The van der Waals surface area contributed by atoms with Gasteiger partial charge in [-0.15, -0.1) is 23.2 Å². The molecule has 0 aliphatic heterocycles. The van der Waals surface area contributed by atoms with Crippen LogP contribution in [0.25, 0.3) is 0 Å². The lowest BCUT2D eigenvalue weighted by atomic mass is 10.0. The zero-order valence-corrected chi connectivity index (χ0v) is 19.1. The third-order valence-corrected chi connectivity index (χ3v) is 5.70. The molecule has 0 spiro atoms. The number of hydrogen-bond donors (Lipinski definition) is 0. The minimum atomic E-state index is -3.61. The van der Waals surface area contributed by atoms with Crippen molar-refractivity contribution in [3.63, 3.8) is 0 Å². The second-order valence-electron chi connectivity index (χ2n) is 6.55. The number of rotatable bonds is 10. The van der Waals surface area contributed by atoms with Crippen LogP contribution in [0, 0.1) is 0 Å². The maximum absolute atomic E-state index is 11.3. The third kappa shape index (κ3) is 8.24. The minimum Gasteiger partial charge on any atom is -0.261 e. The molecule has 0 aromatic heterocycles. The highest BCUT2D eigenvalue weighted by molar-refractivity contribution is 7.86. The third-order valence-electron chi connectivity index (χ3n) is 3.97. The molecule has 2 aromatic carbocycles. The van der Waals surface area contributed by atoms with E-state index in [1.54, 1.807) is 24.3 Å². The van der Waals surface area contributed by atoms with Gasteiger partial charge in [0.15, 0.2) is 0 Å². The van der Waals surface area contributed by atoms with E-state index in [0.717, 1.165) is 23.6 Å². The van der Waals surface area contributed by atoms with Crippen molar-refractivity contribution < 1.29 is 25.2 Å². The number of alkyl halides is 2. The van der Waals surface area contributed by atoms with Crippen molar-refractivity contribution in [1.29, 1.82) is 0 Å². The van der Waals surface area contributed by atoms with Crippen LogP contribution in [0.1, 0.15) is 34.5 Å². The Morgan fingerprint density at radius 1 is 0.690 bits per heavy atom. The molecule has 0 aliphatic rings. The predicted octanol–water partition coefficient (Wildman–Crippen LogP) is 3.79. The van der Waals surface area contributed by atoms with E-state index in [4.69, 9.17) is 31.6 Å². The summed E-state index contributed by atoms with van der Waals surface area (Å²) in [5.41, 5.74) is 3.37. The molecule has 0 radical (unpaired) electrons. The summed E-state index contributed by atoms with van der Waals surface area (Å²) < 4.78 is 55.3. The Hall–Kier alpha value is -1.16. The molecular formula is C19H22Cl2O6S2. The van der Waals surface area contributed by atoms with Gasteiger partial charge < -0.3 is 0 Å². The smallest absolute Gasteiger partial charge is 0.261 e. The minimum absolute atomic E-state index is 0.0190. The summed E-state index contributed by atoms with van der Waals surface area (Å²) in [4.78, 5) is 0. The summed E-state index contributed by atoms with van der Waals surface area (Å²) in [5, 5.41) is 0. The van der Waals surface area contributed by atoms with Gasteiger partial charge in [0, 0.05) is 0 Å². The first-order valence-electron chi connectivity index (χ1n) is 8.57. The van der Waals surface area contributed by atoms with Crippen molar-refractivity contribution in [2.24, 2.45) is 0 Å². The van der Waals surface area contributed by atoms with Crippen LogP contribution in [0.2, 0.25) is 0 Å². The Morgan fingerprint density at radius 3 is 1.24 bits per heavy atom. The van der Waals surface area contributed by atoms with Crippen molar-refractivity contribution in [3.05, 3.63) is 70.8 Å². The monoisotopic (exact) mass is 480 g/mol. The standard InChI is InChI=1S/C19H22Cl2O6S2/c1-28(22,23)26-18(12-20)16-7-3-14(4-8-16)11-15-5-9-17(10-6-15)19(13-21)27-29(2,24)25/h3-10,18-19H,11-13H2,1-2H3. The average molecular weight is 481 g/mol. The zero-order chi connectivity index (χ0) is 21.7. The molecule has 0 saturated carbocycles. The Morgan fingerprint density at radius 2 is 1.00 bits per heavy atom. The molecule has 0 aliphatic carbocycles. The van der Waals surface area contributed by atoms with Gasteiger partial charge in [-0.25, -0.2) is 0 Å². The van der Waals surface area contributed by atoms with E-state index in [1.165, 1.54) is 0 Å². The number of benzene rings is 2. The molecule has 6 nitrogen and oxygen atoms in total. The van der Waals surface area contributed by atoms with Crippen LogP contribution in [0.3, 0.4) is 0 Å². The largest absolute Gasteiger partial charge is 0.265 e. The molecule has 29 heavy (non-hydrogen) atoms. The first kappa shape index (κ1) is 24.1. The molecule has 2 atom stereocenters. The molecule has 0 fully saturated rings. The summed E-state index contributed by atoms with van der Waals surface area (Å²) >= 11 is 11.6. The van der Waals surface area contributed by atoms with Crippen LogP contribution in [-0.4, -0.2) is 41.1 Å². The van der Waals surface area contributed by atoms with Gasteiger partial charge in [0.25, 0.3) is 20.2 Å². The quantitative estimate of drug-likeness (QED) is 0.379. The number of hydrogen-bond acceptors (Lipinski definition) is 6. The Balaban J connectivity index is 2.08. The van der Waals surface area contributed by atoms with Crippen LogP contribution in [-0.2, 0) is 35.0 Å². The SMILES string of the molecule is CS(=O)(=O)OC(CCl)c1ccc(Cc2ccc(C(CCl)OS(C)(=O)=O)cc2)cc1. The van der Waals surface area contributed by atoms with Crippen molar-refractivity contribution in [2.45, 2.75) is 18.6 Å². The summed E-state index contributed by atoms with van der Waals surface area (Å²) in [6.45, 7) is 0. The Kier molecular flexibility index (Phi) is 8.51. The summed E-state index contributed by atoms with van der Waals surface area (Å²) in [6, 6.07) is 14.6. The molecule has 10 heteroatoms. The molecule has 160 valence electrons. The van der Waals surface area contributed by atoms with Gasteiger partial charge in [-0.05, 0) is 28.7 Å². The topological polar surface area (TPSA) is 86.7 Å². The maximum Gasteiger partial charge on any atom is 0.265 e. The summed E-state index contributed by atoms with van der Waals surface area (Å²) in [7, 11) is -7.22. The highest BCUT2D eigenvalue weighted by Crippen LogP contribution is 2.24. The summed E-state index contributed by atoms with van der Waals surface area (Å²) in [5.74, 6) is 0.0380. The van der Waals surface area contributed by atoms with Gasteiger partial charge in [0.1, 0.15) is 12.2 Å². The fraction of sp³-hybridized carbons (Fsp3) is 0.368. The van der Waals surface area contributed by atoms with Crippen molar-refractivity contribution in [3.8, 4) is 0 Å². The molecule has 0 amide bonds. The first-order valence-corrected chi connectivity index (χ1v) is 13.3. The second kappa shape index (κ2) is 10.2. The number of halogens is 2. The second-order valence-corrected chi connectivity index (χ2v) is 10.4. The van der Waals surface area contributed by atoms with Crippen molar-refractivity contribution >= 4 is 43.4 Å². The lowest BCUT2D eigenvalue weighted by Crippen LogP contribution is -2.12. The summed E-state index contributed by atoms with van der Waals surface area (Å²) in [6.07, 6.45) is 1.14. The van der Waals surface area contributed by atoms with E-state index >= 15 is 0 Å². The molecule has 0 N–H and O–H groups in total. The van der Waals surface area contributed by atoms with Crippen LogP contribution >= 0.6 is 23.2 Å². The fourth-order valence-electron chi connectivity index (χ4n) is 2.70. The first-order chi connectivity index (χ1) is 13.5. The molecular weight excluding hydrogens is 459 g/mol. The van der Waals surface area contributed by atoms with Gasteiger partial charge in [0.05, 0.1) is 24.3 Å². The predicted molar refractivity (Wildman–Crippen MR) is 114 cm³/mol. The van der Waals surface area contributed by atoms with Crippen LogP contribution in [0.4, 0.5) is 0 Å². The van der Waals surface area contributed by atoms with Crippen LogP contribution in [0.5, 0.6) is 0 Å². The van der Waals surface area contributed by atoms with Gasteiger partial charge in [-0.1, -0.05) is 48.5 Å². The van der Waals surface area contributed by atoms with Crippen LogP contribution in [0.15, 0.2) is 48.5 Å². The maximum atomic E-state index is 11.3. The fourth-order valence-corrected chi connectivity index (χ4v) is 4.53. The van der Waals surface area contributed by atoms with Gasteiger partial charge in [-0.2, -0.15) is 16.8 Å². The van der Waals surface area contributed by atoms with E-state index in [9.17, 15) is 16.8 Å². The molecule has 2 rings (SSSR count). The van der Waals surface area contributed by atoms with Gasteiger partial charge in [-0.3, -0.25) is 8.37 Å². The zero-order valence-electron chi connectivity index (χ0n) is 15.9. The average Bonchev–Trinajstić information content (AvgIpc) is 2.64. The lowest BCUT2D eigenvalue weighted by Gasteiger charge is -2.15. The normalized spacial score (nSPS) is 14.5. The Labute approximate surface area is 182 Å². The van der Waals surface area contributed by atoms with Gasteiger partial charge >= 0.3 is 0 Å². The molecule has 2 aromatic rings. The highest BCUT2D eigenvalue weighted by Gasteiger charge is 2.18.